The first-order valence-corrected chi connectivity index (χ1v) is 17.5. The van der Waals surface area contributed by atoms with Gasteiger partial charge in [0, 0.05) is 5.92 Å². The van der Waals surface area contributed by atoms with Gasteiger partial charge in [-0.05, 0) is 136 Å². The van der Waals surface area contributed by atoms with Crippen molar-refractivity contribution in [1.82, 2.24) is 0 Å². The van der Waals surface area contributed by atoms with E-state index in [0.717, 1.165) is 63.5 Å². The molecule has 0 aromatic heterocycles. The highest BCUT2D eigenvalue weighted by Gasteiger charge is 2.73. The number of ether oxygens (including phenoxy) is 1. The third-order valence-corrected chi connectivity index (χ3v) is 15.9. The average Bonchev–Trinajstić information content (AvgIpc) is 3.13. The smallest absolute Gasteiger partial charge is 0.469 e. The lowest BCUT2D eigenvalue weighted by molar-refractivity contribution is -0.213. The molecule has 6 aliphatic rings. The van der Waals surface area contributed by atoms with Gasteiger partial charge in [0.15, 0.2) is 0 Å². The minimum absolute atomic E-state index is 0.0380. The molecule has 0 unspecified atom stereocenters. The van der Waals surface area contributed by atoms with Gasteiger partial charge < -0.3 is 19.3 Å². The first-order chi connectivity index (χ1) is 20.2. The summed E-state index contributed by atoms with van der Waals surface area (Å²) in [5.41, 5.74) is 1.09. The van der Waals surface area contributed by atoms with Crippen molar-refractivity contribution in [2.75, 3.05) is 7.11 Å². The van der Waals surface area contributed by atoms with E-state index in [1.165, 1.54) is 5.47 Å². The van der Waals surface area contributed by atoms with Crippen molar-refractivity contribution in [3.05, 3.63) is 11.5 Å². The fourth-order valence-corrected chi connectivity index (χ4v) is 12.4. The predicted octanol–water partition coefficient (Wildman–Crippen LogP) is 8.65. The fraction of sp³-hybridized carbons (Fsp3) is 0.892. The molecule has 44 heavy (non-hydrogen) atoms. The molecule has 4 saturated carbocycles. The van der Waals surface area contributed by atoms with Crippen LogP contribution in [0.5, 0.6) is 0 Å². The number of esters is 1. The molecule has 8 atom stereocenters. The first kappa shape index (κ1) is 32.6. The summed E-state index contributed by atoms with van der Waals surface area (Å²) in [5, 5.41) is 15.0. The van der Waals surface area contributed by atoms with Crippen LogP contribution in [0.3, 0.4) is 0 Å². The highest BCUT2D eigenvalue weighted by Crippen LogP contribution is 2.76. The van der Waals surface area contributed by atoms with Crippen molar-refractivity contribution in [1.29, 1.82) is 0 Å². The summed E-state index contributed by atoms with van der Waals surface area (Å²) in [7, 11) is 1.23. The van der Waals surface area contributed by atoms with E-state index in [2.05, 4.69) is 87.4 Å². The molecule has 7 heteroatoms. The van der Waals surface area contributed by atoms with Gasteiger partial charge in [-0.1, -0.05) is 59.7 Å². The van der Waals surface area contributed by atoms with Crippen molar-refractivity contribution in [2.24, 2.45) is 61.3 Å². The van der Waals surface area contributed by atoms with Gasteiger partial charge in [0.25, 0.3) is 0 Å². The summed E-state index contributed by atoms with van der Waals surface area (Å²) >= 11 is 0. The Labute approximate surface area is 267 Å². The number of allylic oxidation sites excluding steroid dienone is 2. The van der Waals surface area contributed by atoms with Crippen LogP contribution in [0.25, 0.3) is 0 Å². The molecule has 0 amide bonds. The first-order valence-electron chi connectivity index (χ1n) is 17.5. The van der Waals surface area contributed by atoms with Gasteiger partial charge in [-0.25, -0.2) is 0 Å². The Morgan fingerprint density at radius 1 is 0.886 bits per heavy atom. The lowest BCUT2D eigenvalue weighted by Crippen LogP contribution is -2.69. The molecule has 0 aromatic rings. The Morgan fingerprint density at radius 3 is 2.09 bits per heavy atom. The lowest BCUT2D eigenvalue weighted by Gasteiger charge is -2.72. The van der Waals surface area contributed by atoms with Crippen LogP contribution >= 0.6 is 0 Å². The monoisotopic (exact) mass is 609 g/mol. The number of rotatable bonds is 2. The summed E-state index contributed by atoms with van der Waals surface area (Å²) in [4.78, 5) is 13.6. The summed E-state index contributed by atoms with van der Waals surface area (Å²) in [6.07, 6.45) is 11.2. The van der Waals surface area contributed by atoms with Gasteiger partial charge in [-0.15, -0.1) is 0 Å². The van der Waals surface area contributed by atoms with Crippen LogP contribution in [0.1, 0.15) is 134 Å². The predicted molar refractivity (Wildman–Crippen MR) is 175 cm³/mol. The number of nitrogens with zero attached hydrogens (tertiary/aromatic N) is 1. The molecule has 1 aliphatic heterocycles. The SMILES string of the molecule is COC(=O)[C@]12CCC(C)(C)C[C@H]1[C@H]1/C(=N/O)C[C@@H]3[C@@]4(C)CC=C(B5OC(C)(C)C(C)(C)O5)C(C)(C)[C@@H]4CC[C@@]3(C)[C@]1(C)CC2. The second-order valence-corrected chi connectivity index (χ2v) is 19.1. The second-order valence-electron chi connectivity index (χ2n) is 19.1. The maximum absolute atomic E-state index is 13.6. The molecule has 6 rings (SSSR count). The second kappa shape index (κ2) is 9.61. The van der Waals surface area contributed by atoms with E-state index in [1.54, 1.807) is 7.11 Å². The van der Waals surface area contributed by atoms with E-state index in [1.807, 2.05) is 0 Å². The number of oxime groups is 1. The minimum Gasteiger partial charge on any atom is -0.469 e. The summed E-state index contributed by atoms with van der Waals surface area (Å²) in [6.45, 7) is 25.7. The minimum atomic E-state index is -0.484. The van der Waals surface area contributed by atoms with E-state index in [-0.39, 0.29) is 63.2 Å². The molecular weight excluding hydrogens is 549 g/mol. The molecule has 246 valence electrons. The number of fused-ring (bicyclic) bond motifs is 7. The quantitative estimate of drug-likeness (QED) is 0.147. The number of methoxy groups -OCH3 is 1. The van der Waals surface area contributed by atoms with Crippen molar-refractivity contribution in [2.45, 2.75) is 145 Å². The maximum atomic E-state index is 13.6. The Hall–Kier alpha value is -1.34. The average molecular weight is 610 g/mol. The topological polar surface area (TPSA) is 77.4 Å². The molecule has 6 nitrogen and oxygen atoms in total. The van der Waals surface area contributed by atoms with E-state index < -0.39 is 5.41 Å². The van der Waals surface area contributed by atoms with Gasteiger partial charge in [0.2, 0.25) is 0 Å². The summed E-state index contributed by atoms with van der Waals surface area (Å²) in [6, 6.07) is 0. The zero-order chi connectivity index (χ0) is 32.5. The van der Waals surface area contributed by atoms with Gasteiger partial charge in [0.05, 0.1) is 29.4 Å². The molecular formula is C37H60BNO5. The summed E-state index contributed by atoms with van der Waals surface area (Å²) in [5.74, 6) is 0.991. The Kier molecular flexibility index (Phi) is 7.12. The van der Waals surface area contributed by atoms with Crippen LogP contribution in [0.15, 0.2) is 16.7 Å². The molecule has 0 spiro atoms. The number of hydrogen-bond donors (Lipinski definition) is 1. The van der Waals surface area contributed by atoms with Gasteiger partial charge >= 0.3 is 13.1 Å². The maximum Gasteiger partial charge on any atom is 0.490 e. The van der Waals surface area contributed by atoms with E-state index in [0.29, 0.717) is 11.8 Å². The zero-order valence-corrected chi connectivity index (χ0v) is 29.9. The molecule has 0 bridgehead atoms. The molecule has 1 heterocycles. The third-order valence-electron chi connectivity index (χ3n) is 15.9. The van der Waals surface area contributed by atoms with Crippen LogP contribution in [-0.4, -0.2) is 42.3 Å². The number of carbonyl (C=O) groups excluding carboxylic acids is 1. The number of hydrogen-bond acceptors (Lipinski definition) is 6. The van der Waals surface area contributed by atoms with Gasteiger partial charge in [-0.2, -0.15) is 0 Å². The molecule has 5 aliphatic carbocycles. The molecule has 5 fully saturated rings. The molecule has 1 N–H and O–H groups in total. The van der Waals surface area contributed by atoms with E-state index in [9.17, 15) is 10.0 Å². The fourth-order valence-electron chi connectivity index (χ4n) is 12.4. The van der Waals surface area contributed by atoms with Crippen molar-refractivity contribution < 1.29 is 24.0 Å². The van der Waals surface area contributed by atoms with Gasteiger partial charge in [0.1, 0.15) is 0 Å². The number of carbonyl (C=O) groups is 1. The Morgan fingerprint density at radius 2 is 1.50 bits per heavy atom. The van der Waals surface area contributed by atoms with Crippen LogP contribution in [-0.2, 0) is 18.8 Å². The van der Waals surface area contributed by atoms with Crippen LogP contribution in [0, 0.1) is 56.2 Å². The summed E-state index contributed by atoms with van der Waals surface area (Å²) < 4.78 is 18.8. The highest BCUT2D eigenvalue weighted by atomic mass is 16.7. The van der Waals surface area contributed by atoms with Crippen molar-refractivity contribution >= 4 is 18.8 Å². The third kappa shape index (κ3) is 4.05. The standard InChI is InChI=1S/C37H60BNO5/c1-30(2)17-19-37(29(40)42-12)20-18-36(11)28(23(37)22-30)24(39-41)21-26-34(9)15-14-27(38-43-32(5,6)33(7,8)44-38)31(3,4)25(34)13-16-35(26,36)10/h14,23,25-26,28,41H,13,15-22H2,1-12H3/b39-24+/t23-,25-,26+,28-,34-,35+,36+,37-/m0/s1. The van der Waals surface area contributed by atoms with E-state index >= 15 is 0 Å². The van der Waals surface area contributed by atoms with Gasteiger partial charge in [-0.3, -0.25) is 4.79 Å². The van der Waals surface area contributed by atoms with E-state index in [4.69, 9.17) is 14.0 Å². The molecule has 0 aromatic carbocycles. The largest absolute Gasteiger partial charge is 0.490 e. The highest BCUT2D eigenvalue weighted by molar-refractivity contribution is 6.55. The molecule has 1 saturated heterocycles. The normalized spacial score (nSPS) is 47.5. The van der Waals surface area contributed by atoms with Crippen molar-refractivity contribution in [3.63, 3.8) is 0 Å². The van der Waals surface area contributed by atoms with Crippen LogP contribution in [0.2, 0.25) is 0 Å². The van der Waals surface area contributed by atoms with Crippen LogP contribution < -0.4 is 0 Å². The lowest BCUT2D eigenvalue weighted by atomic mass is 9.31. The van der Waals surface area contributed by atoms with Crippen LogP contribution in [0.4, 0.5) is 0 Å². The zero-order valence-electron chi connectivity index (χ0n) is 29.9. The Bertz CT molecular complexity index is 1270. The van der Waals surface area contributed by atoms with Crippen molar-refractivity contribution in [3.8, 4) is 0 Å². The molecule has 0 radical (unpaired) electrons. The Balaban J connectivity index is 1.41.